The fourth-order valence-corrected chi connectivity index (χ4v) is 3.42. The number of aromatic nitrogens is 3. The summed E-state index contributed by atoms with van der Waals surface area (Å²) in [5, 5.41) is 4.93. The van der Waals surface area contributed by atoms with Gasteiger partial charge in [0.2, 0.25) is 5.16 Å². The molecular formula is C17H12ClF2N3OS. The van der Waals surface area contributed by atoms with Gasteiger partial charge < -0.3 is 4.74 Å². The van der Waals surface area contributed by atoms with E-state index in [0.717, 1.165) is 11.6 Å². The van der Waals surface area contributed by atoms with Crippen molar-refractivity contribution in [2.24, 2.45) is 0 Å². The first-order valence-electron chi connectivity index (χ1n) is 7.46. The molecule has 1 aromatic heterocycles. The summed E-state index contributed by atoms with van der Waals surface area (Å²) in [7, 11) is 0. The van der Waals surface area contributed by atoms with Crippen LogP contribution in [0.25, 0.3) is 0 Å². The molecular weight excluding hydrogens is 368 g/mol. The molecule has 8 heteroatoms. The van der Waals surface area contributed by atoms with Crippen LogP contribution in [0, 0.1) is 11.6 Å². The number of rotatable bonds is 4. The van der Waals surface area contributed by atoms with Gasteiger partial charge in [-0.2, -0.15) is 0 Å². The second-order valence-corrected chi connectivity index (χ2v) is 6.58. The Bertz CT molecular complexity index is 951. The molecule has 25 heavy (non-hydrogen) atoms. The predicted octanol–water partition coefficient (Wildman–Crippen LogP) is 4.17. The molecule has 0 unspecified atom stereocenters. The first-order valence-corrected chi connectivity index (χ1v) is 8.28. The molecule has 4 nitrogen and oxygen atoms in total. The van der Waals surface area contributed by atoms with Gasteiger partial charge in [0.15, 0.2) is 0 Å². The van der Waals surface area contributed by atoms with E-state index in [1.807, 2.05) is 12.1 Å². The lowest BCUT2D eigenvalue weighted by Gasteiger charge is -2.15. The Morgan fingerprint density at radius 2 is 2.04 bits per heavy atom. The van der Waals surface area contributed by atoms with Crippen LogP contribution in [0.15, 0.2) is 53.9 Å². The third kappa shape index (κ3) is 2.92. The van der Waals surface area contributed by atoms with Crippen molar-refractivity contribution in [3.63, 3.8) is 0 Å². The topological polar surface area (TPSA) is 43.2 Å². The molecule has 3 aromatic rings. The van der Waals surface area contributed by atoms with Gasteiger partial charge in [0.05, 0.1) is 6.54 Å². The lowest BCUT2D eigenvalue weighted by Crippen LogP contribution is -2.21. The zero-order valence-corrected chi connectivity index (χ0v) is 14.4. The van der Waals surface area contributed by atoms with E-state index in [-0.39, 0.29) is 12.1 Å². The zero-order chi connectivity index (χ0) is 17.6. The standard InChI is InChI=1S/C17H12ClF2N3OS/c18-13-4-2-1-3-11(13)15-17(24-15,8-23-9-21-16(25)22-23)12-6-5-10(19)7-14(12)20/h1-7,9,15H,8H2,(H,22,25)/t15-,17-/m0/s1. The van der Waals surface area contributed by atoms with Crippen LogP contribution in [-0.2, 0) is 16.9 Å². The third-order valence-corrected chi connectivity index (χ3v) is 4.74. The molecule has 1 aliphatic heterocycles. The average Bonchev–Trinajstić information content (AvgIpc) is 3.12. The van der Waals surface area contributed by atoms with Gasteiger partial charge in [-0.15, -0.1) is 17.7 Å². The summed E-state index contributed by atoms with van der Waals surface area (Å²) >= 11 is 10.3. The number of hydrogen-bond donors (Lipinski definition) is 1. The Morgan fingerprint density at radius 1 is 1.24 bits per heavy atom. The lowest BCUT2D eigenvalue weighted by atomic mass is 9.91. The zero-order valence-electron chi connectivity index (χ0n) is 12.7. The minimum atomic E-state index is -1.04. The fraction of sp³-hybridized carbons (Fsp3) is 0.176. The smallest absolute Gasteiger partial charge is 0.205 e. The van der Waals surface area contributed by atoms with Crippen molar-refractivity contribution in [3.8, 4) is 0 Å². The van der Waals surface area contributed by atoms with Crippen LogP contribution < -0.4 is 0 Å². The molecule has 1 fully saturated rings. The molecule has 4 rings (SSSR count). The average molecular weight is 380 g/mol. The van der Waals surface area contributed by atoms with Gasteiger partial charge in [-0.05, 0) is 12.1 Å². The van der Waals surface area contributed by atoms with E-state index in [0.29, 0.717) is 10.2 Å². The second-order valence-electron chi connectivity index (χ2n) is 5.78. The van der Waals surface area contributed by atoms with E-state index in [9.17, 15) is 8.78 Å². The van der Waals surface area contributed by atoms with E-state index < -0.39 is 23.3 Å². The summed E-state index contributed by atoms with van der Waals surface area (Å²) in [5.41, 5.74) is -0.0643. The van der Waals surface area contributed by atoms with Crippen LogP contribution in [0.1, 0.15) is 17.2 Å². The summed E-state index contributed by atoms with van der Waals surface area (Å²) in [6.45, 7) is 0.193. The van der Waals surface area contributed by atoms with E-state index in [2.05, 4.69) is 22.7 Å². The molecule has 0 amide bonds. The Morgan fingerprint density at radius 3 is 2.72 bits per heavy atom. The first-order chi connectivity index (χ1) is 12.0. The number of epoxide rings is 1. The SMILES string of the molecule is Fc1ccc([C@]2(Cn3cnc(S)n3)O[C@H]2c2ccccc2Cl)c(F)c1. The molecule has 2 heterocycles. The molecule has 0 N–H and O–H groups in total. The number of thiol groups is 1. The normalized spacial score (nSPS) is 22.2. The van der Waals surface area contributed by atoms with E-state index >= 15 is 0 Å². The highest BCUT2D eigenvalue weighted by molar-refractivity contribution is 7.80. The number of halogens is 3. The van der Waals surface area contributed by atoms with Crippen molar-refractivity contribution in [1.29, 1.82) is 0 Å². The van der Waals surface area contributed by atoms with Crippen molar-refractivity contribution in [1.82, 2.24) is 14.8 Å². The largest absolute Gasteiger partial charge is 0.354 e. The van der Waals surface area contributed by atoms with Gasteiger partial charge in [0.25, 0.3) is 0 Å². The van der Waals surface area contributed by atoms with Crippen LogP contribution in [0.5, 0.6) is 0 Å². The highest BCUT2D eigenvalue weighted by atomic mass is 35.5. The van der Waals surface area contributed by atoms with E-state index in [1.165, 1.54) is 23.1 Å². The molecule has 0 aliphatic carbocycles. The monoisotopic (exact) mass is 379 g/mol. The minimum Gasteiger partial charge on any atom is -0.354 e. The Hall–Kier alpha value is -1.96. The molecule has 1 aliphatic rings. The molecule has 128 valence electrons. The van der Waals surface area contributed by atoms with Crippen LogP contribution in [0.3, 0.4) is 0 Å². The minimum absolute atomic E-state index is 0.193. The van der Waals surface area contributed by atoms with Gasteiger partial charge in [-0.25, -0.2) is 18.4 Å². The molecule has 2 aromatic carbocycles. The Balaban J connectivity index is 1.78. The van der Waals surface area contributed by atoms with Gasteiger partial charge in [-0.3, -0.25) is 0 Å². The molecule has 0 bridgehead atoms. The first kappa shape index (κ1) is 16.5. The third-order valence-electron chi connectivity index (χ3n) is 4.19. The maximum absolute atomic E-state index is 14.5. The maximum atomic E-state index is 14.5. The van der Waals surface area contributed by atoms with Crippen LogP contribution in [0.4, 0.5) is 8.78 Å². The highest BCUT2D eigenvalue weighted by Crippen LogP contribution is 2.59. The molecule has 1 saturated heterocycles. The maximum Gasteiger partial charge on any atom is 0.205 e. The van der Waals surface area contributed by atoms with Crippen molar-refractivity contribution in [2.75, 3.05) is 0 Å². The highest BCUT2D eigenvalue weighted by Gasteiger charge is 2.60. The van der Waals surface area contributed by atoms with Gasteiger partial charge >= 0.3 is 0 Å². The van der Waals surface area contributed by atoms with Crippen molar-refractivity contribution in [2.45, 2.75) is 23.4 Å². The van der Waals surface area contributed by atoms with Crippen LogP contribution >= 0.6 is 24.2 Å². The Kier molecular flexibility index (Phi) is 4.02. The van der Waals surface area contributed by atoms with Gasteiger partial charge in [0.1, 0.15) is 29.7 Å². The van der Waals surface area contributed by atoms with Crippen LogP contribution in [-0.4, -0.2) is 14.8 Å². The number of benzene rings is 2. The Labute approximate surface area is 152 Å². The number of nitrogens with zero attached hydrogens (tertiary/aromatic N) is 3. The molecule has 2 atom stereocenters. The number of ether oxygens (including phenoxy) is 1. The quantitative estimate of drug-likeness (QED) is 0.546. The van der Waals surface area contributed by atoms with Crippen molar-refractivity contribution < 1.29 is 13.5 Å². The summed E-state index contributed by atoms with van der Waals surface area (Å²) in [5.74, 6) is -1.33. The predicted molar refractivity (Wildman–Crippen MR) is 90.6 cm³/mol. The van der Waals surface area contributed by atoms with E-state index in [1.54, 1.807) is 12.1 Å². The summed E-state index contributed by atoms with van der Waals surface area (Å²) < 4.78 is 35.2. The summed E-state index contributed by atoms with van der Waals surface area (Å²) in [4.78, 5) is 3.95. The van der Waals surface area contributed by atoms with Crippen LogP contribution in [0.2, 0.25) is 5.02 Å². The fourth-order valence-electron chi connectivity index (χ4n) is 3.02. The van der Waals surface area contributed by atoms with Crippen molar-refractivity contribution in [3.05, 3.63) is 76.6 Å². The van der Waals surface area contributed by atoms with E-state index in [4.69, 9.17) is 16.3 Å². The van der Waals surface area contributed by atoms with Gasteiger partial charge in [0, 0.05) is 22.2 Å². The summed E-state index contributed by atoms with van der Waals surface area (Å²) in [6, 6.07) is 10.6. The molecule has 0 saturated carbocycles. The van der Waals surface area contributed by atoms with Crippen molar-refractivity contribution >= 4 is 24.2 Å². The molecule has 0 spiro atoms. The number of hydrogen-bond acceptors (Lipinski definition) is 4. The molecule has 0 radical (unpaired) electrons. The van der Waals surface area contributed by atoms with Gasteiger partial charge in [-0.1, -0.05) is 35.9 Å². The summed E-state index contributed by atoms with van der Waals surface area (Å²) in [6.07, 6.45) is 1.00. The lowest BCUT2D eigenvalue weighted by molar-refractivity contribution is 0.256. The second kappa shape index (κ2) is 6.09.